The Morgan fingerprint density at radius 2 is 1.96 bits per heavy atom. The van der Waals surface area contributed by atoms with Crippen molar-refractivity contribution in [2.75, 3.05) is 13.2 Å². The van der Waals surface area contributed by atoms with Crippen LogP contribution in [-0.2, 0) is 19.4 Å². The van der Waals surface area contributed by atoms with Crippen LogP contribution in [0, 0.1) is 0 Å². The molecule has 2 heterocycles. The fraction of sp³-hybridized carbons (Fsp3) is 0.294. The highest BCUT2D eigenvalue weighted by Crippen LogP contribution is 2.32. The summed E-state index contributed by atoms with van der Waals surface area (Å²) in [5, 5.41) is 18.0. The van der Waals surface area contributed by atoms with Gasteiger partial charge in [-0.3, -0.25) is 15.0 Å². The lowest BCUT2D eigenvalue weighted by molar-refractivity contribution is -0.161. The van der Waals surface area contributed by atoms with Crippen LogP contribution in [0.15, 0.2) is 53.7 Å². The van der Waals surface area contributed by atoms with Crippen molar-refractivity contribution >= 4 is 15.7 Å². The van der Waals surface area contributed by atoms with Crippen LogP contribution in [-0.4, -0.2) is 53.7 Å². The number of sulfone groups is 1. The van der Waals surface area contributed by atoms with Crippen LogP contribution < -0.4 is 5.48 Å². The molecule has 26 heavy (non-hydrogen) atoms. The lowest BCUT2D eigenvalue weighted by atomic mass is 9.95. The fourth-order valence-corrected chi connectivity index (χ4v) is 4.94. The number of carbonyl (C=O) groups excluding carboxylic acids is 1. The topological polar surface area (TPSA) is 126 Å². The van der Waals surface area contributed by atoms with Gasteiger partial charge in [0.25, 0.3) is 5.91 Å². The van der Waals surface area contributed by atoms with Gasteiger partial charge < -0.3 is 9.84 Å². The average Bonchev–Trinajstić information content (AvgIpc) is 2.68. The number of hydroxylamine groups is 1. The molecular weight excluding hydrogens is 360 g/mol. The maximum absolute atomic E-state index is 13.0. The highest BCUT2D eigenvalue weighted by molar-refractivity contribution is 7.92. The Labute approximate surface area is 150 Å². The maximum Gasteiger partial charge on any atom is 0.279 e. The number of carbonyl (C=O) groups is 1. The molecular formula is C17H18N2O6S. The second-order valence-electron chi connectivity index (χ2n) is 6.01. The van der Waals surface area contributed by atoms with E-state index in [1.807, 2.05) is 6.07 Å². The van der Waals surface area contributed by atoms with Crippen LogP contribution in [0.1, 0.15) is 6.42 Å². The Morgan fingerprint density at radius 3 is 2.58 bits per heavy atom. The number of pyridine rings is 1. The molecule has 0 spiro atoms. The Bertz CT molecular complexity index is 885. The first-order chi connectivity index (χ1) is 12.4. The van der Waals surface area contributed by atoms with Crippen molar-refractivity contribution in [3.05, 3.63) is 48.8 Å². The second-order valence-corrected chi connectivity index (χ2v) is 8.14. The van der Waals surface area contributed by atoms with E-state index < -0.39 is 33.2 Å². The predicted molar refractivity (Wildman–Crippen MR) is 91.0 cm³/mol. The minimum atomic E-state index is -4.04. The number of amides is 1. The number of hydrogen-bond donors (Lipinski definition) is 3. The summed E-state index contributed by atoms with van der Waals surface area (Å²) in [6, 6.07) is 9.73. The highest BCUT2D eigenvalue weighted by Gasteiger charge is 2.53. The van der Waals surface area contributed by atoms with Gasteiger partial charge in [0.1, 0.15) is 5.25 Å². The van der Waals surface area contributed by atoms with Gasteiger partial charge in [0, 0.05) is 19.0 Å². The monoisotopic (exact) mass is 378 g/mol. The summed E-state index contributed by atoms with van der Waals surface area (Å²) in [5.74, 6) is -1.21. The third kappa shape index (κ3) is 3.21. The number of aromatic nitrogens is 1. The smallest absolute Gasteiger partial charge is 0.279 e. The molecule has 2 atom stereocenters. The standard InChI is InChI=1S/C17H18N2O6S/c20-16(19-22)17(21)11-25-9-7-15(17)26(23,24)14-5-3-12(4-6-14)13-2-1-8-18-10-13/h1-6,8,10,15,21-22H,7,9,11H2,(H,19,20). The number of hydrogen-bond acceptors (Lipinski definition) is 7. The van der Waals surface area contributed by atoms with Gasteiger partial charge in [-0.2, -0.15) is 0 Å². The maximum atomic E-state index is 13.0. The molecule has 3 N–H and O–H groups in total. The molecule has 2 aromatic rings. The van der Waals surface area contributed by atoms with Crippen molar-refractivity contribution in [2.45, 2.75) is 22.2 Å². The minimum Gasteiger partial charge on any atom is -0.378 e. The Morgan fingerprint density at radius 1 is 1.23 bits per heavy atom. The minimum absolute atomic E-state index is 0.0267. The van der Waals surface area contributed by atoms with Crippen molar-refractivity contribution in [3.8, 4) is 11.1 Å². The van der Waals surface area contributed by atoms with Crippen LogP contribution in [0.5, 0.6) is 0 Å². The highest BCUT2D eigenvalue weighted by atomic mass is 32.2. The Hall–Kier alpha value is -2.33. The molecule has 1 saturated heterocycles. The van der Waals surface area contributed by atoms with Crippen molar-refractivity contribution in [1.82, 2.24) is 10.5 Å². The molecule has 9 heteroatoms. The first-order valence-electron chi connectivity index (χ1n) is 7.88. The van der Waals surface area contributed by atoms with Crippen molar-refractivity contribution < 1.29 is 28.3 Å². The fourth-order valence-electron chi connectivity index (χ4n) is 3.01. The van der Waals surface area contributed by atoms with Gasteiger partial charge >= 0.3 is 0 Å². The number of aliphatic hydroxyl groups is 1. The first kappa shape index (κ1) is 18.5. The molecule has 2 unspecified atom stereocenters. The van der Waals surface area contributed by atoms with Gasteiger partial charge in [-0.25, -0.2) is 13.9 Å². The molecule has 1 aromatic carbocycles. The molecule has 1 aliphatic rings. The third-order valence-corrected chi connectivity index (χ3v) is 6.73. The zero-order valence-electron chi connectivity index (χ0n) is 13.7. The van der Waals surface area contributed by atoms with E-state index in [2.05, 4.69) is 4.98 Å². The summed E-state index contributed by atoms with van der Waals surface area (Å²) >= 11 is 0. The molecule has 3 rings (SSSR count). The zero-order chi connectivity index (χ0) is 18.8. The van der Waals surface area contributed by atoms with Gasteiger partial charge in [0.15, 0.2) is 15.4 Å². The van der Waals surface area contributed by atoms with E-state index in [1.165, 1.54) is 17.6 Å². The van der Waals surface area contributed by atoms with Crippen molar-refractivity contribution in [2.24, 2.45) is 0 Å². The van der Waals surface area contributed by atoms with E-state index in [0.29, 0.717) is 0 Å². The largest absolute Gasteiger partial charge is 0.378 e. The molecule has 0 radical (unpaired) electrons. The van der Waals surface area contributed by atoms with Crippen molar-refractivity contribution in [1.29, 1.82) is 0 Å². The summed E-state index contributed by atoms with van der Waals surface area (Å²) in [6.07, 6.45) is 3.23. The first-order valence-corrected chi connectivity index (χ1v) is 9.43. The van der Waals surface area contributed by atoms with E-state index in [9.17, 15) is 18.3 Å². The van der Waals surface area contributed by atoms with Gasteiger partial charge in [-0.1, -0.05) is 18.2 Å². The Balaban J connectivity index is 1.95. The molecule has 0 saturated carbocycles. The zero-order valence-corrected chi connectivity index (χ0v) is 14.5. The molecule has 8 nitrogen and oxygen atoms in total. The SMILES string of the molecule is O=C(NO)C1(O)COCCC1S(=O)(=O)c1ccc(-c2cccnc2)cc1. The van der Waals surface area contributed by atoms with E-state index in [0.717, 1.165) is 11.1 Å². The van der Waals surface area contributed by atoms with E-state index in [4.69, 9.17) is 9.94 Å². The molecule has 1 fully saturated rings. The molecule has 0 aliphatic carbocycles. The molecule has 138 valence electrons. The van der Waals surface area contributed by atoms with Crippen LogP contribution in [0.2, 0.25) is 0 Å². The number of nitrogens with one attached hydrogen (secondary N) is 1. The molecule has 0 bridgehead atoms. The summed E-state index contributed by atoms with van der Waals surface area (Å²) in [5.41, 5.74) is 0.569. The van der Waals surface area contributed by atoms with Crippen LogP contribution in [0.3, 0.4) is 0 Å². The van der Waals surface area contributed by atoms with Gasteiger partial charge in [-0.05, 0) is 35.7 Å². The number of rotatable bonds is 4. The molecule has 1 aromatic heterocycles. The van der Waals surface area contributed by atoms with Crippen LogP contribution >= 0.6 is 0 Å². The second kappa shape index (κ2) is 7.12. The Kier molecular flexibility index (Phi) is 5.05. The molecule has 1 amide bonds. The van der Waals surface area contributed by atoms with E-state index >= 15 is 0 Å². The average molecular weight is 378 g/mol. The van der Waals surface area contributed by atoms with Gasteiger partial charge in [0.05, 0.1) is 11.5 Å². The number of ether oxygens (including phenoxy) is 1. The third-order valence-electron chi connectivity index (χ3n) is 4.43. The van der Waals surface area contributed by atoms with Gasteiger partial charge in [-0.15, -0.1) is 0 Å². The van der Waals surface area contributed by atoms with Gasteiger partial charge in [0.2, 0.25) is 0 Å². The summed E-state index contributed by atoms with van der Waals surface area (Å²) < 4.78 is 31.0. The number of nitrogens with zero attached hydrogens (tertiary/aromatic N) is 1. The summed E-state index contributed by atoms with van der Waals surface area (Å²) in [7, 11) is -4.04. The van der Waals surface area contributed by atoms with Crippen LogP contribution in [0.4, 0.5) is 0 Å². The van der Waals surface area contributed by atoms with E-state index in [-0.39, 0.29) is 17.9 Å². The predicted octanol–water partition coefficient (Wildman–Crippen LogP) is 0.548. The summed E-state index contributed by atoms with van der Waals surface area (Å²) in [4.78, 5) is 15.8. The quantitative estimate of drug-likeness (QED) is 0.524. The number of benzene rings is 1. The normalized spacial score (nSPS) is 23.4. The van der Waals surface area contributed by atoms with Crippen LogP contribution in [0.25, 0.3) is 11.1 Å². The summed E-state index contributed by atoms with van der Waals surface area (Å²) in [6.45, 7) is -0.435. The molecule has 1 aliphatic heterocycles. The van der Waals surface area contributed by atoms with Crippen molar-refractivity contribution in [3.63, 3.8) is 0 Å². The lowest BCUT2D eigenvalue weighted by Crippen LogP contribution is -2.62. The lowest BCUT2D eigenvalue weighted by Gasteiger charge is -2.36. The van der Waals surface area contributed by atoms with E-state index in [1.54, 1.807) is 30.6 Å².